The van der Waals surface area contributed by atoms with Crippen molar-refractivity contribution in [1.82, 2.24) is 20.5 Å². The SMILES string of the molecule is Cc1ccc(C(=O)N2CC3(CC2C(=O)N[C@H](C#N)C[C@@H]2CC4(CC4)NC2=O)CC(Cl)(Cl)C3)[nH]1. The highest BCUT2D eigenvalue weighted by Gasteiger charge is 2.60. The van der Waals surface area contributed by atoms with Crippen LogP contribution >= 0.6 is 23.2 Å². The maximum absolute atomic E-state index is 13.3. The van der Waals surface area contributed by atoms with Gasteiger partial charge in [-0.3, -0.25) is 14.4 Å². The highest BCUT2D eigenvalue weighted by Crippen LogP contribution is 2.60. The average Bonchev–Trinajstić information content (AvgIpc) is 3.04. The van der Waals surface area contributed by atoms with Gasteiger partial charge in [0.15, 0.2) is 0 Å². The van der Waals surface area contributed by atoms with E-state index >= 15 is 0 Å². The van der Waals surface area contributed by atoms with E-state index in [9.17, 15) is 19.6 Å². The molecule has 3 heterocycles. The van der Waals surface area contributed by atoms with E-state index in [1.807, 2.05) is 13.0 Å². The van der Waals surface area contributed by atoms with Crippen LogP contribution in [0.2, 0.25) is 0 Å². The van der Waals surface area contributed by atoms with Gasteiger partial charge >= 0.3 is 0 Å². The third-order valence-corrected chi connectivity index (χ3v) is 8.18. The number of nitriles is 1. The van der Waals surface area contributed by atoms with E-state index in [4.69, 9.17) is 23.2 Å². The normalized spacial score (nSPS) is 28.8. The van der Waals surface area contributed by atoms with E-state index < -0.39 is 16.4 Å². The molecule has 10 heteroatoms. The molecule has 176 valence electrons. The number of aryl methyl sites for hydroxylation is 1. The Morgan fingerprint density at radius 1 is 1.30 bits per heavy atom. The maximum atomic E-state index is 13.3. The molecule has 8 nitrogen and oxygen atoms in total. The molecule has 3 atom stereocenters. The van der Waals surface area contributed by atoms with Crippen LogP contribution in [0.25, 0.3) is 0 Å². The second-order valence-corrected chi connectivity index (χ2v) is 12.2. The Kier molecular flexibility index (Phi) is 5.22. The summed E-state index contributed by atoms with van der Waals surface area (Å²) in [7, 11) is 0. The van der Waals surface area contributed by atoms with E-state index in [0.717, 1.165) is 18.5 Å². The van der Waals surface area contributed by atoms with Crippen molar-refractivity contribution in [3.63, 3.8) is 0 Å². The lowest BCUT2D eigenvalue weighted by Crippen LogP contribution is -2.49. The van der Waals surface area contributed by atoms with Crippen LogP contribution in [-0.2, 0) is 9.59 Å². The standard InChI is InChI=1S/C23H27Cl2N5O3/c1-13-2-3-16(27-13)20(33)30-12-21(10-23(24,25)11-21)8-17(30)19(32)28-15(9-26)6-14-7-22(4-5-22)29-18(14)31/h2-3,14-15,17,27H,4-8,10-12H2,1H3,(H,28,32)(H,29,31)/t14-,15+,17?/m1/s1. The predicted octanol–water partition coefficient (Wildman–Crippen LogP) is 2.56. The summed E-state index contributed by atoms with van der Waals surface area (Å²) >= 11 is 12.5. The average molecular weight is 492 g/mol. The van der Waals surface area contributed by atoms with Crippen LogP contribution in [0.4, 0.5) is 0 Å². The first kappa shape index (κ1) is 22.5. The summed E-state index contributed by atoms with van der Waals surface area (Å²) in [4.78, 5) is 43.5. The van der Waals surface area contributed by atoms with E-state index in [2.05, 4.69) is 21.7 Å². The molecule has 0 bridgehead atoms. The number of aromatic nitrogens is 1. The van der Waals surface area contributed by atoms with Gasteiger partial charge in [-0.05, 0) is 69.4 Å². The van der Waals surface area contributed by atoms with Crippen LogP contribution < -0.4 is 10.6 Å². The van der Waals surface area contributed by atoms with Gasteiger partial charge in [-0.25, -0.2) is 0 Å². The zero-order valence-corrected chi connectivity index (χ0v) is 19.9. The monoisotopic (exact) mass is 491 g/mol. The van der Waals surface area contributed by atoms with Crippen molar-refractivity contribution >= 4 is 40.9 Å². The van der Waals surface area contributed by atoms with Gasteiger partial charge in [0.25, 0.3) is 5.91 Å². The van der Waals surface area contributed by atoms with Crippen molar-refractivity contribution in [1.29, 1.82) is 5.26 Å². The number of nitrogens with one attached hydrogen (secondary N) is 3. The summed E-state index contributed by atoms with van der Waals surface area (Å²) in [6.07, 6.45) is 4.37. The lowest BCUT2D eigenvalue weighted by atomic mass is 9.66. The summed E-state index contributed by atoms with van der Waals surface area (Å²) in [5.41, 5.74) is 0.874. The molecule has 4 aliphatic rings. The fourth-order valence-corrected chi connectivity index (χ4v) is 7.07. The minimum atomic E-state index is -0.840. The molecule has 1 aromatic rings. The number of likely N-dealkylation sites (tertiary alicyclic amines) is 1. The quantitative estimate of drug-likeness (QED) is 0.548. The molecule has 2 spiro atoms. The molecule has 33 heavy (non-hydrogen) atoms. The lowest BCUT2D eigenvalue weighted by molar-refractivity contribution is -0.126. The number of halogens is 2. The zero-order chi connectivity index (χ0) is 23.6. The Balaban J connectivity index is 1.30. The van der Waals surface area contributed by atoms with E-state index in [1.54, 1.807) is 11.0 Å². The van der Waals surface area contributed by atoms with Crippen LogP contribution in [0.5, 0.6) is 0 Å². The lowest BCUT2D eigenvalue weighted by Gasteiger charge is -2.47. The second kappa shape index (κ2) is 7.64. The Hall–Kier alpha value is -2.24. The molecule has 2 saturated carbocycles. The summed E-state index contributed by atoms with van der Waals surface area (Å²) in [5.74, 6) is -0.972. The fourth-order valence-electron chi connectivity index (χ4n) is 5.93. The summed E-state index contributed by atoms with van der Waals surface area (Å²) < 4.78 is -0.840. The molecule has 2 aliphatic heterocycles. The highest BCUT2D eigenvalue weighted by atomic mass is 35.5. The van der Waals surface area contributed by atoms with Crippen LogP contribution in [0.15, 0.2) is 12.1 Å². The minimum Gasteiger partial charge on any atom is -0.355 e. The number of carbonyl (C=O) groups is 3. The van der Waals surface area contributed by atoms with E-state index in [1.165, 1.54) is 0 Å². The third kappa shape index (κ3) is 4.22. The molecule has 0 aromatic carbocycles. The minimum absolute atomic E-state index is 0.0456. The van der Waals surface area contributed by atoms with Crippen molar-refractivity contribution in [2.45, 2.75) is 73.8 Å². The number of aromatic amines is 1. The fraction of sp³-hybridized carbons (Fsp3) is 0.652. The van der Waals surface area contributed by atoms with Crippen LogP contribution in [0.1, 0.15) is 61.1 Å². The Labute approximate surface area is 202 Å². The molecule has 3 N–H and O–H groups in total. The first-order valence-electron chi connectivity index (χ1n) is 11.4. The molecule has 2 aliphatic carbocycles. The number of alkyl halides is 2. The summed E-state index contributed by atoms with van der Waals surface area (Å²) in [6.45, 7) is 2.24. The van der Waals surface area contributed by atoms with E-state index in [-0.39, 0.29) is 41.0 Å². The number of H-pyrrole nitrogens is 1. The Bertz CT molecular complexity index is 1050. The molecule has 4 fully saturated rings. The predicted molar refractivity (Wildman–Crippen MR) is 121 cm³/mol. The molecule has 1 aromatic heterocycles. The largest absolute Gasteiger partial charge is 0.355 e. The second-order valence-electron chi connectivity index (χ2n) is 10.5. The van der Waals surface area contributed by atoms with Crippen LogP contribution in [0, 0.1) is 29.6 Å². The number of hydrogen-bond donors (Lipinski definition) is 3. The topological polar surface area (TPSA) is 118 Å². The van der Waals surface area contributed by atoms with Gasteiger partial charge in [0, 0.05) is 23.7 Å². The molecule has 5 rings (SSSR count). The van der Waals surface area contributed by atoms with Gasteiger partial charge in [0.2, 0.25) is 11.8 Å². The summed E-state index contributed by atoms with van der Waals surface area (Å²) in [5, 5.41) is 15.5. The molecule has 0 radical (unpaired) electrons. The van der Waals surface area contributed by atoms with Crippen molar-refractivity contribution in [3.8, 4) is 6.07 Å². The number of nitrogens with zero attached hydrogens (tertiary/aromatic N) is 2. The number of rotatable bonds is 5. The number of carbonyl (C=O) groups excluding carboxylic acids is 3. The first-order valence-corrected chi connectivity index (χ1v) is 12.1. The molecular weight excluding hydrogens is 465 g/mol. The van der Waals surface area contributed by atoms with Crippen LogP contribution in [0.3, 0.4) is 0 Å². The van der Waals surface area contributed by atoms with Gasteiger partial charge in [0.05, 0.1) is 6.07 Å². The van der Waals surface area contributed by atoms with Gasteiger partial charge in [0.1, 0.15) is 22.1 Å². The van der Waals surface area contributed by atoms with Gasteiger partial charge < -0.3 is 20.5 Å². The Morgan fingerprint density at radius 2 is 2.03 bits per heavy atom. The zero-order valence-electron chi connectivity index (χ0n) is 18.4. The number of amides is 3. The van der Waals surface area contributed by atoms with E-state index in [0.29, 0.717) is 37.9 Å². The third-order valence-electron chi connectivity index (χ3n) is 7.64. The molecular formula is C23H27Cl2N5O3. The van der Waals surface area contributed by atoms with Crippen molar-refractivity contribution in [2.24, 2.45) is 11.3 Å². The van der Waals surface area contributed by atoms with Gasteiger partial charge in [-0.15, -0.1) is 23.2 Å². The molecule has 3 amide bonds. The van der Waals surface area contributed by atoms with Crippen molar-refractivity contribution in [2.75, 3.05) is 6.54 Å². The first-order chi connectivity index (χ1) is 15.5. The highest BCUT2D eigenvalue weighted by molar-refractivity contribution is 6.49. The smallest absolute Gasteiger partial charge is 0.270 e. The van der Waals surface area contributed by atoms with Crippen LogP contribution in [-0.4, -0.2) is 56.1 Å². The number of hydrogen-bond acceptors (Lipinski definition) is 4. The summed E-state index contributed by atoms with van der Waals surface area (Å²) in [6, 6.07) is 4.11. The molecule has 2 saturated heterocycles. The van der Waals surface area contributed by atoms with Crippen molar-refractivity contribution in [3.05, 3.63) is 23.5 Å². The van der Waals surface area contributed by atoms with Gasteiger partial charge in [-0.2, -0.15) is 5.26 Å². The molecule has 1 unspecified atom stereocenters. The maximum Gasteiger partial charge on any atom is 0.270 e. The van der Waals surface area contributed by atoms with Crippen molar-refractivity contribution < 1.29 is 14.4 Å². The Morgan fingerprint density at radius 3 is 2.58 bits per heavy atom. The van der Waals surface area contributed by atoms with Gasteiger partial charge in [-0.1, -0.05) is 0 Å².